The van der Waals surface area contributed by atoms with Gasteiger partial charge in [-0.15, -0.1) is 0 Å². The summed E-state index contributed by atoms with van der Waals surface area (Å²) in [6.45, 7) is 0. The summed E-state index contributed by atoms with van der Waals surface area (Å²) in [5.41, 5.74) is 0.0169. The summed E-state index contributed by atoms with van der Waals surface area (Å²) in [6.07, 6.45) is 0. The molecule has 0 amide bonds. The van der Waals surface area contributed by atoms with Crippen LogP contribution in [-0.4, -0.2) is 9.78 Å². The van der Waals surface area contributed by atoms with Gasteiger partial charge in [-0.25, -0.2) is 4.39 Å². The summed E-state index contributed by atoms with van der Waals surface area (Å²) in [6, 6.07) is 12.6. The predicted molar refractivity (Wildman–Crippen MR) is 72.3 cm³/mol. The molecule has 0 aliphatic heterocycles. The Labute approximate surface area is 112 Å². The van der Waals surface area contributed by atoms with Crippen LogP contribution in [0.2, 0.25) is 5.15 Å². The minimum atomic E-state index is -0.435. The van der Waals surface area contributed by atoms with Crippen LogP contribution in [0.15, 0.2) is 53.3 Å². The van der Waals surface area contributed by atoms with Crippen LogP contribution in [0, 0.1) is 5.82 Å². The van der Waals surface area contributed by atoms with E-state index in [0.717, 1.165) is 4.68 Å². The number of halogens is 2. The number of nitrogens with zero attached hydrogens (tertiary/aromatic N) is 2. The number of hydrogen-bond donors (Lipinski definition) is 0. The molecule has 1 aromatic heterocycles. The Morgan fingerprint density at radius 1 is 1.05 bits per heavy atom. The molecule has 0 radical (unpaired) electrons. The number of aromatic nitrogens is 2. The summed E-state index contributed by atoms with van der Waals surface area (Å²) >= 11 is 6.06. The maximum absolute atomic E-state index is 13.2. The molecule has 94 valence electrons. The Balaban J connectivity index is 2.37. The van der Waals surface area contributed by atoms with Gasteiger partial charge in [0.25, 0.3) is 5.56 Å². The molecule has 5 heteroatoms. The third-order valence-electron chi connectivity index (χ3n) is 2.81. The number of rotatable bonds is 1. The molecule has 0 atom stereocenters. The van der Waals surface area contributed by atoms with Gasteiger partial charge in [0, 0.05) is 5.39 Å². The first-order chi connectivity index (χ1) is 9.16. The molecule has 1 heterocycles. The zero-order chi connectivity index (χ0) is 13.4. The summed E-state index contributed by atoms with van der Waals surface area (Å²) < 4.78 is 14.3. The maximum atomic E-state index is 13.2. The maximum Gasteiger partial charge on any atom is 0.279 e. The average Bonchev–Trinajstić information content (AvgIpc) is 2.43. The Hall–Kier alpha value is -2.20. The van der Waals surface area contributed by atoms with Crippen molar-refractivity contribution >= 4 is 22.4 Å². The zero-order valence-electron chi connectivity index (χ0n) is 9.68. The molecule has 19 heavy (non-hydrogen) atoms. The molecule has 0 fully saturated rings. The van der Waals surface area contributed by atoms with Crippen LogP contribution in [0.1, 0.15) is 0 Å². The van der Waals surface area contributed by atoms with Crippen LogP contribution in [0.25, 0.3) is 16.5 Å². The van der Waals surface area contributed by atoms with Crippen molar-refractivity contribution in [1.82, 2.24) is 9.78 Å². The van der Waals surface area contributed by atoms with E-state index < -0.39 is 5.82 Å². The lowest BCUT2D eigenvalue weighted by atomic mass is 10.2. The zero-order valence-corrected chi connectivity index (χ0v) is 10.4. The van der Waals surface area contributed by atoms with Crippen LogP contribution < -0.4 is 5.56 Å². The molecular weight excluding hydrogens is 267 g/mol. The van der Waals surface area contributed by atoms with E-state index in [4.69, 9.17) is 11.6 Å². The summed E-state index contributed by atoms with van der Waals surface area (Å²) in [4.78, 5) is 12.3. The van der Waals surface area contributed by atoms with Crippen molar-refractivity contribution in [2.75, 3.05) is 0 Å². The normalized spacial score (nSPS) is 10.8. The van der Waals surface area contributed by atoms with Crippen molar-refractivity contribution < 1.29 is 4.39 Å². The molecule has 3 nitrogen and oxygen atoms in total. The minimum Gasteiger partial charge on any atom is -0.267 e. The second-order valence-electron chi connectivity index (χ2n) is 4.03. The van der Waals surface area contributed by atoms with Gasteiger partial charge in [-0.3, -0.25) is 4.79 Å². The van der Waals surface area contributed by atoms with Crippen molar-refractivity contribution in [3.05, 3.63) is 69.9 Å². The quantitative estimate of drug-likeness (QED) is 0.683. The lowest BCUT2D eigenvalue weighted by Crippen LogP contribution is -2.21. The van der Waals surface area contributed by atoms with E-state index in [1.165, 1.54) is 18.2 Å². The van der Waals surface area contributed by atoms with E-state index in [1.807, 2.05) is 0 Å². The van der Waals surface area contributed by atoms with Gasteiger partial charge in [-0.2, -0.15) is 9.78 Å². The van der Waals surface area contributed by atoms with Crippen LogP contribution in [0.4, 0.5) is 4.39 Å². The second-order valence-corrected chi connectivity index (χ2v) is 4.39. The Morgan fingerprint density at radius 2 is 1.79 bits per heavy atom. The van der Waals surface area contributed by atoms with E-state index in [9.17, 15) is 9.18 Å². The van der Waals surface area contributed by atoms with Crippen LogP contribution in [0.5, 0.6) is 0 Å². The van der Waals surface area contributed by atoms with Gasteiger partial charge in [-0.1, -0.05) is 35.9 Å². The molecular formula is C14H8ClFN2O. The summed E-state index contributed by atoms with van der Waals surface area (Å²) in [7, 11) is 0. The van der Waals surface area contributed by atoms with E-state index >= 15 is 0 Å². The number of fused-ring (bicyclic) bond motifs is 1. The van der Waals surface area contributed by atoms with Gasteiger partial charge < -0.3 is 0 Å². The standard InChI is InChI=1S/C14H8ClFN2O/c15-13-11-6-1-2-7-12(11)14(19)18(17-13)10-5-3-4-9(16)8-10/h1-8H. The summed E-state index contributed by atoms with van der Waals surface area (Å²) in [5.74, 6) is -0.435. The molecule has 0 N–H and O–H groups in total. The molecule has 0 saturated carbocycles. The van der Waals surface area contributed by atoms with Crippen molar-refractivity contribution in [2.24, 2.45) is 0 Å². The number of hydrogen-bond acceptors (Lipinski definition) is 2. The van der Waals surface area contributed by atoms with Gasteiger partial charge in [0.15, 0.2) is 5.15 Å². The molecule has 3 aromatic rings. The fourth-order valence-corrected chi connectivity index (χ4v) is 2.17. The molecule has 2 aromatic carbocycles. The highest BCUT2D eigenvalue weighted by atomic mass is 35.5. The topological polar surface area (TPSA) is 34.9 Å². The highest BCUT2D eigenvalue weighted by molar-refractivity contribution is 6.34. The van der Waals surface area contributed by atoms with Crippen molar-refractivity contribution in [1.29, 1.82) is 0 Å². The molecule has 0 spiro atoms. The molecule has 0 bridgehead atoms. The van der Waals surface area contributed by atoms with Gasteiger partial charge >= 0.3 is 0 Å². The molecule has 3 rings (SSSR count). The molecule has 0 aliphatic rings. The average molecular weight is 275 g/mol. The van der Waals surface area contributed by atoms with E-state index in [-0.39, 0.29) is 10.7 Å². The van der Waals surface area contributed by atoms with E-state index in [0.29, 0.717) is 16.5 Å². The van der Waals surface area contributed by atoms with Gasteiger partial charge in [-0.05, 0) is 24.3 Å². The minimum absolute atomic E-state index is 0.208. The molecule has 0 saturated heterocycles. The Morgan fingerprint density at radius 3 is 2.53 bits per heavy atom. The van der Waals surface area contributed by atoms with E-state index in [2.05, 4.69) is 5.10 Å². The van der Waals surface area contributed by atoms with Crippen LogP contribution >= 0.6 is 11.6 Å². The summed E-state index contributed by atoms with van der Waals surface area (Å²) in [5, 5.41) is 5.26. The Kier molecular flexibility index (Phi) is 2.80. The fourth-order valence-electron chi connectivity index (χ4n) is 1.93. The highest BCUT2D eigenvalue weighted by Gasteiger charge is 2.10. The van der Waals surface area contributed by atoms with Crippen LogP contribution in [-0.2, 0) is 0 Å². The first-order valence-corrected chi connectivity index (χ1v) is 5.98. The smallest absolute Gasteiger partial charge is 0.267 e. The third-order valence-corrected chi connectivity index (χ3v) is 3.09. The van der Waals surface area contributed by atoms with E-state index in [1.54, 1.807) is 30.3 Å². The largest absolute Gasteiger partial charge is 0.279 e. The van der Waals surface area contributed by atoms with Crippen molar-refractivity contribution in [3.8, 4) is 5.69 Å². The fraction of sp³-hybridized carbons (Fsp3) is 0. The first kappa shape index (κ1) is 11.9. The van der Waals surface area contributed by atoms with Crippen LogP contribution in [0.3, 0.4) is 0 Å². The SMILES string of the molecule is O=c1c2ccccc2c(Cl)nn1-c1cccc(F)c1. The number of benzene rings is 2. The molecule has 0 unspecified atom stereocenters. The lowest BCUT2D eigenvalue weighted by molar-refractivity contribution is 0.624. The van der Waals surface area contributed by atoms with Gasteiger partial charge in [0.1, 0.15) is 5.82 Å². The first-order valence-electron chi connectivity index (χ1n) is 5.60. The van der Waals surface area contributed by atoms with Gasteiger partial charge in [0.05, 0.1) is 11.1 Å². The predicted octanol–water partition coefficient (Wildman–Crippen LogP) is 3.18. The van der Waals surface area contributed by atoms with Crippen molar-refractivity contribution in [2.45, 2.75) is 0 Å². The van der Waals surface area contributed by atoms with Gasteiger partial charge in [0.2, 0.25) is 0 Å². The monoisotopic (exact) mass is 274 g/mol. The lowest BCUT2D eigenvalue weighted by Gasteiger charge is -2.07. The molecule has 0 aliphatic carbocycles. The highest BCUT2D eigenvalue weighted by Crippen LogP contribution is 2.18. The third kappa shape index (κ3) is 2.00. The van der Waals surface area contributed by atoms with Crippen molar-refractivity contribution in [3.63, 3.8) is 0 Å². The Bertz CT molecular complexity index is 829. The second kappa shape index (κ2) is 4.48.